The maximum atomic E-state index is 4.05. The molecular formula is C8H7N4. The SMILES string of the molecule is Cc1n[c]c(-c2ncccn2)[nH]1. The molecule has 0 aromatic carbocycles. The molecule has 4 heteroatoms. The fourth-order valence-electron chi connectivity index (χ4n) is 0.911. The number of rotatable bonds is 1. The first-order valence-electron chi connectivity index (χ1n) is 3.58. The van der Waals surface area contributed by atoms with Crippen LogP contribution in [0.15, 0.2) is 18.5 Å². The molecule has 1 radical (unpaired) electrons. The summed E-state index contributed by atoms with van der Waals surface area (Å²) in [6, 6.07) is 1.77. The van der Waals surface area contributed by atoms with Crippen molar-refractivity contribution in [1.29, 1.82) is 0 Å². The monoisotopic (exact) mass is 159 g/mol. The van der Waals surface area contributed by atoms with Gasteiger partial charge in [0.05, 0.1) is 0 Å². The number of aryl methyl sites for hydroxylation is 1. The summed E-state index contributed by atoms with van der Waals surface area (Å²) >= 11 is 0. The Labute approximate surface area is 69.7 Å². The summed E-state index contributed by atoms with van der Waals surface area (Å²) in [5.74, 6) is 1.44. The van der Waals surface area contributed by atoms with Crippen LogP contribution in [-0.2, 0) is 0 Å². The fourth-order valence-corrected chi connectivity index (χ4v) is 0.911. The predicted octanol–water partition coefficient (Wildman–Crippen LogP) is 0.975. The van der Waals surface area contributed by atoms with E-state index in [0.29, 0.717) is 5.82 Å². The van der Waals surface area contributed by atoms with Crippen LogP contribution in [0.5, 0.6) is 0 Å². The van der Waals surface area contributed by atoms with Gasteiger partial charge in [-0.1, -0.05) is 0 Å². The largest absolute Gasteiger partial charge is 0.339 e. The molecule has 2 aromatic rings. The van der Waals surface area contributed by atoms with Crippen molar-refractivity contribution in [1.82, 2.24) is 19.9 Å². The first-order valence-corrected chi connectivity index (χ1v) is 3.58. The second kappa shape index (κ2) is 2.73. The van der Waals surface area contributed by atoms with E-state index < -0.39 is 0 Å². The molecule has 2 rings (SSSR count). The second-order valence-corrected chi connectivity index (χ2v) is 2.38. The molecule has 1 N–H and O–H groups in total. The van der Waals surface area contributed by atoms with Crippen molar-refractivity contribution >= 4 is 0 Å². The Morgan fingerprint density at radius 1 is 1.33 bits per heavy atom. The summed E-state index contributed by atoms with van der Waals surface area (Å²) < 4.78 is 0. The predicted molar refractivity (Wildman–Crippen MR) is 43.2 cm³/mol. The Morgan fingerprint density at radius 3 is 2.67 bits per heavy atom. The standard InChI is InChI=1S/C8H7N4/c1-6-11-5-7(12-6)8-9-3-2-4-10-8/h2-4H,1H3,(H,11,12). The van der Waals surface area contributed by atoms with Gasteiger partial charge in [-0.15, -0.1) is 0 Å². The minimum atomic E-state index is 0.623. The van der Waals surface area contributed by atoms with E-state index in [1.54, 1.807) is 18.5 Å². The van der Waals surface area contributed by atoms with E-state index in [1.807, 2.05) is 6.92 Å². The van der Waals surface area contributed by atoms with Crippen molar-refractivity contribution in [2.45, 2.75) is 6.92 Å². The molecule has 4 nitrogen and oxygen atoms in total. The van der Waals surface area contributed by atoms with Gasteiger partial charge in [-0.2, -0.15) is 0 Å². The quantitative estimate of drug-likeness (QED) is 0.674. The van der Waals surface area contributed by atoms with Gasteiger partial charge in [0.2, 0.25) is 0 Å². The molecule has 0 spiro atoms. The van der Waals surface area contributed by atoms with Crippen molar-refractivity contribution < 1.29 is 0 Å². The van der Waals surface area contributed by atoms with E-state index in [2.05, 4.69) is 26.1 Å². The lowest BCUT2D eigenvalue weighted by molar-refractivity contribution is 1.12. The lowest BCUT2D eigenvalue weighted by Crippen LogP contribution is -1.86. The highest BCUT2D eigenvalue weighted by Crippen LogP contribution is 2.08. The van der Waals surface area contributed by atoms with E-state index in [9.17, 15) is 0 Å². The maximum Gasteiger partial charge on any atom is 0.178 e. The second-order valence-electron chi connectivity index (χ2n) is 2.38. The molecule has 0 aliphatic heterocycles. The molecule has 0 bridgehead atoms. The normalized spacial score (nSPS) is 10.1. The molecule has 2 heterocycles. The Balaban J connectivity index is 2.45. The fraction of sp³-hybridized carbons (Fsp3) is 0.125. The molecule has 2 aromatic heterocycles. The van der Waals surface area contributed by atoms with Crippen LogP contribution < -0.4 is 0 Å². The van der Waals surface area contributed by atoms with Gasteiger partial charge < -0.3 is 4.98 Å². The number of aromatic nitrogens is 4. The van der Waals surface area contributed by atoms with Crippen LogP contribution in [0.4, 0.5) is 0 Å². The van der Waals surface area contributed by atoms with Gasteiger partial charge in [0.1, 0.15) is 17.7 Å². The van der Waals surface area contributed by atoms with Crippen molar-refractivity contribution in [3.8, 4) is 11.5 Å². The smallest absolute Gasteiger partial charge is 0.178 e. The van der Waals surface area contributed by atoms with Crippen LogP contribution in [0.1, 0.15) is 5.82 Å². The number of nitrogens with one attached hydrogen (secondary N) is 1. The van der Waals surface area contributed by atoms with Crippen LogP contribution in [0.3, 0.4) is 0 Å². The number of H-pyrrole nitrogens is 1. The molecule has 0 atom stereocenters. The third kappa shape index (κ3) is 1.18. The van der Waals surface area contributed by atoms with Crippen molar-refractivity contribution in [3.63, 3.8) is 0 Å². The van der Waals surface area contributed by atoms with Crippen LogP contribution in [0.2, 0.25) is 0 Å². The Morgan fingerprint density at radius 2 is 2.08 bits per heavy atom. The first-order chi connectivity index (χ1) is 5.86. The minimum absolute atomic E-state index is 0.623. The molecule has 59 valence electrons. The summed E-state index contributed by atoms with van der Waals surface area (Å²) in [5, 5.41) is 0. The zero-order chi connectivity index (χ0) is 8.39. The van der Waals surface area contributed by atoms with Gasteiger partial charge >= 0.3 is 0 Å². The lowest BCUT2D eigenvalue weighted by atomic mass is 10.4. The Hall–Kier alpha value is -1.71. The summed E-state index contributed by atoms with van der Waals surface area (Å²) in [7, 11) is 0. The summed E-state index contributed by atoms with van der Waals surface area (Å²) in [6.45, 7) is 1.86. The highest BCUT2D eigenvalue weighted by Gasteiger charge is 2.01. The topological polar surface area (TPSA) is 54.5 Å². The molecule has 0 aliphatic carbocycles. The van der Waals surface area contributed by atoms with Crippen LogP contribution in [-0.4, -0.2) is 19.9 Å². The average Bonchev–Trinajstić information content (AvgIpc) is 2.54. The Kier molecular flexibility index (Phi) is 1.59. The summed E-state index contributed by atoms with van der Waals surface area (Å²) in [6.07, 6.45) is 6.16. The van der Waals surface area contributed by atoms with Gasteiger partial charge in [-0.05, 0) is 13.0 Å². The number of hydrogen-bond donors (Lipinski definition) is 1. The maximum absolute atomic E-state index is 4.05. The molecular weight excluding hydrogens is 152 g/mol. The third-order valence-electron chi connectivity index (χ3n) is 1.43. The number of hydrogen-bond acceptors (Lipinski definition) is 3. The zero-order valence-corrected chi connectivity index (χ0v) is 6.57. The average molecular weight is 159 g/mol. The molecule has 0 fully saturated rings. The van der Waals surface area contributed by atoms with Crippen LogP contribution >= 0.6 is 0 Å². The zero-order valence-electron chi connectivity index (χ0n) is 6.57. The van der Waals surface area contributed by atoms with Gasteiger partial charge in [-0.25, -0.2) is 15.0 Å². The van der Waals surface area contributed by atoms with Crippen LogP contribution in [0.25, 0.3) is 11.5 Å². The van der Waals surface area contributed by atoms with Gasteiger partial charge in [0.15, 0.2) is 5.82 Å². The van der Waals surface area contributed by atoms with Gasteiger partial charge in [-0.3, -0.25) is 0 Å². The van der Waals surface area contributed by atoms with Crippen molar-refractivity contribution in [2.75, 3.05) is 0 Å². The lowest BCUT2D eigenvalue weighted by Gasteiger charge is -1.91. The van der Waals surface area contributed by atoms with E-state index >= 15 is 0 Å². The van der Waals surface area contributed by atoms with Crippen molar-refractivity contribution in [2.24, 2.45) is 0 Å². The highest BCUT2D eigenvalue weighted by atomic mass is 15.0. The first kappa shape index (κ1) is 6.97. The molecule has 0 aliphatic rings. The molecule has 0 saturated heterocycles. The van der Waals surface area contributed by atoms with Crippen molar-refractivity contribution in [3.05, 3.63) is 30.5 Å². The highest BCUT2D eigenvalue weighted by molar-refractivity contribution is 5.45. The molecule has 0 unspecified atom stereocenters. The van der Waals surface area contributed by atoms with Gasteiger partial charge in [0.25, 0.3) is 0 Å². The summed E-state index contributed by atoms with van der Waals surface area (Å²) in [4.78, 5) is 15.0. The van der Waals surface area contributed by atoms with E-state index in [0.717, 1.165) is 11.5 Å². The molecule has 12 heavy (non-hydrogen) atoms. The number of nitrogens with zero attached hydrogens (tertiary/aromatic N) is 3. The summed E-state index contributed by atoms with van der Waals surface area (Å²) in [5.41, 5.74) is 0.730. The minimum Gasteiger partial charge on any atom is -0.339 e. The van der Waals surface area contributed by atoms with Crippen LogP contribution in [0, 0.1) is 13.1 Å². The molecule has 0 amide bonds. The number of aromatic amines is 1. The molecule has 0 saturated carbocycles. The van der Waals surface area contributed by atoms with Gasteiger partial charge in [0, 0.05) is 12.4 Å². The third-order valence-corrected chi connectivity index (χ3v) is 1.43. The Bertz CT molecular complexity index is 366. The van der Waals surface area contributed by atoms with E-state index in [1.165, 1.54) is 0 Å². The van der Waals surface area contributed by atoms with E-state index in [-0.39, 0.29) is 0 Å². The number of imidazole rings is 1. The van der Waals surface area contributed by atoms with E-state index in [4.69, 9.17) is 0 Å².